The number of halogens is 2. The Hall–Kier alpha value is -4.34. The van der Waals surface area contributed by atoms with E-state index in [0.717, 1.165) is 16.5 Å². The largest absolute Gasteiger partial charge is 0.364 e. The fourth-order valence-electron chi connectivity index (χ4n) is 4.15. The second kappa shape index (κ2) is 8.71. The van der Waals surface area contributed by atoms with E-state index in [9.17, 15) is 4.79 Å². The minimum atomic E-state index is -0.652. The van der Waals surface area contributed by atoms with E-state index in [0.29, 0.717) is 44.8 Å². The number of carbonyl (C=O) groups excluding carboxylic acids is 1. The molecular weight excluding hydrogens is 499 g/mol. The molecule has 176 valence electrons. The van der Waals surface area contributed by atoms with E-state index in [-0.39, 0.29) is 5.69 Å². The number of aromatic nitrogens is 7. The van der Waals surface area contributed by atoms with Gasteiger partial charge in [0.15, 0.2) is 0 Å². The Morgan fingerprint density at radius 3 is 2.50 bits per heavy atom. The predicted octanol–water partition coefficient (Wildman–Crippen LogP) is 4.66. The van der Waals surface area contributed by atoms with Crippen molar-refractivity contribution >= 4 is 45.7 Å². The van der Waals surface area contributed by atoms with Crippen LogP contribution in [0.4, 0.5) is 0 Å². The van der Waals surface area contributed by atoms with Crippen LogP contribution in [0.2, 0.25) is 10.0 Å². The molecule has 0 aliphatic heterocycles. The van der Waals surface area contributed by atoms with Crippen LogP contribution in [0.25, 0.3) is 38.9 Å². The van der Waals surface area contributed by atoms with Crippen molar-refractivity contribution in [1.29, 1.82) is 0 Å². The molecule has 9 nitrogen and oxygen atoms in total. The number of amides is 1. The van der Waals surface area contributed by atoms with Crippen molar-refractivity contribution in [3.05, 3.63) is 95.1 Å². The molecule has 0 fully saturated rings. The molecule has 6 aromatic rings. The first-order chi connectivity index (χ1) is 17.5. The van der Waals surface area contributed by atoms with Gasteiger partial charge in [-0.3, -0.25) is 18.9 Å². The van der Waals surface area contributed by atoms with Crippen molar-refractivity contribution in [3.8, 4) is 22.4 Å². The third-order valence-corrected chi connectivity index (χ3v) is 6.40. The number of fused-ring (bicyclic) bond motifs is 3. The number of primary amides is 1. The lowest BCUT2D eigenvalue weighted by Crippen LogP contribution is -2.15. The molecule has 0 aliphatic rings. The van der Waals surface area contributed by atoms with Crippen LogP contribution in [0.15, 0.2) is 73.6 Å². The third kappa shape index (κ3) is 3.74. The Labute approximate surface area is 214 Å². The third-order valence-electron chi connectivity index (χ3n) is 5.77. The topological polar surface area (TPSA) is 117 Å². The number of nitrogens with two attached hydrogens (primary N) is 1. The highest BCUT2D eigenvalue weighted by Gasteiger charge is 2.23. The average molecular weight is 515 g/mol. The normalized spacial score (nSPS) is 11.4. The van der Waals surface area contributed by atoms with Gasteiger partial charge >= 0.3 is 0 Å². The quantitative estimate of drug-likeness (QED) is 0.357. The molecule has 11 heteroatoms. The smallest absolute Gasteiger partial charge is 0.268 e. The number of benzene rings is 1. The molecule has 0 radical (unpaired) electrons. The van der Waals surface area contributed by atoms with E-state index in [2.05, 4.69) is 20.1 Å². The molecule has 0 saturated carbocycles. The average Bonchev–Trinajstić information content (AvgIpc) is 3.49. The molecule has 0 aliphatic carbocycles. The molecule has 1 amide bonds. The summed E-state index contributed by atoms with van der Waals surface area (Å²) in [4.78, 5) is 30.4. The van der Waals surface area contributed by atoms with Gasteiger partial charge in [-0.25, -0.2) is 15.0 Å². The zero-order valence-corrected chi connectivity index (χ0v) is 20.0. The first-order valence-electron chi connectivity index (χ1n) is 10.8. The highest BCUT2D eigenvalue weighted by molar-refractivity contribution is 6.39. The Morgan fingerprint density at radius 1 is 0.972 bits per heavy atom. The molecule has 5 aromatic heterocycles. The summed E-state index contributed by atoms with van der Waals surface area (Å²) >= 11 is 12.9. The summed E-state index contributed by atoms with van der Waals surface area (Å²) in [5.74, 6) is 0.00832. The molecule has 5 heterocycles. The Bertz CT molecular complexity index is 1760. The first kappa shape index (κ1) is 22.1. The molecule has 1 aromatic carbocycles. The minimum Gasteiger partial charge on any atom is -0.364 e. The highest BCUT2D eigenvalue weighted by atomic mass is 35.5. The molecule has 0 unspecified atom stereocenters. The number of pyridine rings is 2. The van der Waals surface area contributed by atoms with Crippen LogP contribution < -0.4 is 5.73 Å². The Morgan fingerprint density at radius 2 is 1.75 bits per heavy atom. The van der Waals surface area contributed by atoms with E-state index in [1.54, 1.807) is 70.4 Å². The van der Waals surface area contributed by atoms with E-state index < -0.39 is 5.91 Å². The lowest BCUT2D eigenvalue weighted by atomic mass is 10.1. The van der Waals surface area contributed by atoms with Crippen LogP contribution in [0.5, 0.6) is 0 Å². The summed E-state index contributed by atoms with van der Waals surface area (Å²) in [6.45, 7) is 0.441. The SMILES string of the molecule is NC(=O)c1c(-c2c(Cl)cccc2Cl)nc2c3cc(-c4cnn(Cc5ncccn5)c4)cnc3ccn12. The summed E-state index contributed by atoms with van der Waals surface area (Å²) in [6.07, 6.45) is 10.5. The monoisotopic (exact) mass is 514 g/mol. The molecule has 0 saturated heterocycles. The highest BCUT2D eigenvalue weighted by Crippen LogP contribution is 2.37. The molecule has 36 heavy (non-hydrogen) atoms. The van der Waals surface area contributed by atoms with Crippen LogP contribution in [-0.2, 0) is 6.54 Å². The van der Waals surface area contributed by atoms with E-state index in [1.165, 1.54) is 0 Å². The lowest BCUT2D eigenvalue weighted by molar-refractivity contribution is 0.0995. The number of carbonyl (C=O) groups is 1. The predicted molar refractivity (Wildman–Crippen MR) is 137 cm³/mol. The molecule has 0 atom stereocenters. The van der Waals surface area contributed by atoms with Gasteiger partial charge in [-0.15, -0.1) is 0 Å². The zero-order chi connectivity index (χ0) is 24.8. The molecular formula is C25H16Cl2N8O. The second-order valence-corrected chi connectivity index (χ2v) is 8.84. The number of imidazole rings is 1. The maximum atomic E-state index is 12.5. The second-order valence-electron chi connectivity index (χ2n) is 8.03. The molecule has 6 rings (SSSR count). The van der Waals surface area contributed by atoms with E-state index >= 15 is 0 Å². The van der Waals surface area contributed by atoms with Crippen LogP contribution in [-0.4, -0.2) is 40.0 Å². The zero-order valence-electron chi connectivity index (χ0n) is 18.5. The fourth-order valence-corrected chi connectivity index (χ4v) is 4.72. The number of hydrogen-bond acceptors (Lipinski definition) is 6. The van der Waals surface area contributed by atoms with Crippen molar-refractivity contribution in [2.75, 3.05) is 0 Å². The summed E-state index contributed by atoms with van der Waals surface area (Å²) in [7, 11) is 0. The fraction of sp³-hybridized carbons (Fsp3) is 0.0400. The summed E-state index contributed by atoms with van der Waals surface area (Å²) in [5.41, 5.74) is 9.61. The van der Waals surface area contributed by atoms with Crippen molar-refractivity contribution in [3.63, 3.8) is 0 Å². The first-order valence-corrected chi connectivity index (χ1v) is 11.6. The Balaban J connectivity index is 1.50. The Kier molecular flexibility index (Phi) is 5.36. The van der Waals surface area contributed by atoms with Crippen LogP contribution in [0.3, 0.4) is 0 Å². The van der Waals surface area contributed by atoms with E-state index in [1.807, 2.05) is 12.3 Å². The number of hydrogen-bond donors (Lipinski definition) is 1. The van der Waals surface area contributed by atoms with Gasteiger partial charge in [0.05, 0.1) is 21.8 Å². The number of rotatable bonds is 5. The van der Waals surface area contributed by atoms with Crippen LogP contribution >= 0.6 is 23.2 Å². The standard InChI is InChI=1S/C25H16Cl2N8O/c26-17-3-1-4-18(27)21(17)22-23(24(28)36)35-8-5-19-16(25(35)33-22)9-14(10-31-19)15-11-32-34(12-15)13-20-29-6-2-7-30-20/h1-12H,13H2,(H2,28,36). The van der Waals surface area contributed by atoms with Crippen LogP contribution in [0, 0.1) is 0 Å². The maximum absolute atomic E-state index is 12.5. The van der Waals surface area contributed by atoms with Gasteiger partial charge in [-0.2, -0.15) is 5.10 Å². The van der Waals surface area contributed by atoms with Gasteiger partial charge in [0, 0.05) is 53.1 Å². The van der Waals surface area contributed by atoms with Gasteiger partial charge in [-0.1, -0.05) is 29.3 Å². The summed E-state index contributed by atoms with van der Waals surface area (Å²) in [5, 5.41) is 5.89. The van der Waals surface area contributed by atoms with Gasteiger partial charge < -0.3 is 5.73 Å². The van der Waals surface area contributed by atoms with Crippen molar-refractivity contribution in [1.82, 2.24) is 34.1 Å². The van der Waals surface area contributed by atoms with Crippen molar-refractivity contribution < 1.29 is 4.79 Å². The molecule has 2 N–H and O–H groups in total. The maximum Gasteiger partial charge on any atom is 0.268 e. The van der Waals surface area contributed by atoms with Gasteiger partial charge in [0.1, 0.15) is 29.4 Å². The summed E-state index contributed by atoms with van der Waals surface area (Å²) < 4.78 is 3.40. The lowest BCUT2D eigenvalue weighted by Gasteiger charge is -2.06. The van der Waals surface area contributed by atoms with Gasteiger partial charge in [-0.05, 0) is 30.3 Å². The minimum absolute atomic E-state index is 0.183. The van der Waals surface area contributed by atoms with Crippen LogP contribution in [0.1, 0.15) is 16.3 Å². The van der Waals surface area contributed by atoms with Crippen molar-refractivity contribution in [2.45, 2.75) is 6.54 Å². The molecule has 0 spiro atoms. The van der Waals surface area contributed by atoms with Gasteiger partial charge in [0.2, 0.25) is 0 Å². The summed E-state index contributed by atoms with van der Waals surface area (Å²) in [6, 6.07) is 10.6. The number of nitrogens with zero attached hydrogens (tertiary/aromatic N) is 7. The molecule has 0 bridgehead atoms. The van der Waals surface area contributed by atoms with Gasteiger partial charge in [0.25, 0.3) is 5.91 Å². The van der Waals surface area contributed by atoms with Crippen molar-refractivity contribution in [2.24, 2.45) is 5.73 Å². The van der Waals surface area contributed by atoms with E-state index in [4.69, 9.17) is 33.9 Å².